The number of benzene rings is 1. The van der Waals surface area contributed by atoms with Gasteiger partial charge in [-0.05, 0) is 17.7 Å². The van der Waals surface area contributed by atoms with E-state index in [1.54, 1.807) is 12.1 Å². The first-order valence-electron chi connectivity index (χ1n) is 4.76. The van der Waals surface area contributed by atoms with Gasteiger partial charge in [-0.3, -0.25) is 10.1 Å². The van der Waals surface area contributed by atoms with Crippen LogP contribution in [-0.2, 0) is 0 Å². The summed E-state index contributed by atoms with van der Waals surface area (Å²) in [5, 5.41) is 28.0. The standard InChI is InChI=1S/C10H13NO4S/c12-5-6-16-10(7-11(14)15)8-1-3-9(13)4-2-8/h1-4,10,12-13H,5-7H2/t10-/m0/s1. The van der Waals surface area contributed by atoms with Crippen molar-refractivity contribution in [2.75, 3.05) is 18.9 Å². The van der Waals surface area contributed by atoms with E-state index >= 15 is 0 Å². The Labute approximate surface area is 97.3 Å². The Kier molecular flexibility index (Phi) is 5.07. The third-order valence-electron chi connectivity index (χ3n) is 1.99. The van der Waals surface area contributed by atoms with Gasteiger partial charge in [0.2, 0.25) is 6.54 Å². The van der Waals surface area contributed by atoms with Crippen LogP contribution in [0.4, 0.5) is 0 Å². The van der Waals surface area contributed by atoms with Gasteiger partial charge in [-0.15, -0.1) is 11.8 Å². The van der Waals surface area contributed by atoms with E-state index < -0.39 is 0 Å². The normalized spacial score (nSPS) is 12.3. The van der Waals surface area contributed by atoms with Crippen LogP contribution in [0.25, 0.3) is 0 Å². The average molecular weight is 243 g/mol. The molecule has 0 aliphatic heterocycles. The summed E-state index contributed by atoms with van der Waals surface area (Å²) in [5.41, 5.74) is 0.785. The first kappa shape index (κ1) is 12.8. The minimum atomic E-state index is -0.373. The maximum atomic E-state index is 10.5. The van der Waals surface area contributed by atoms with Crippen LogP contribution in [-0.4, -0.2) is 34.0 Å². The van der Waals surface area contributed by atoms with Crippen molar-refractivity contribution in [2.24, 2.45) is 0 Å². The van der Waals surface area contributed by atoms with Crippen LogP contribution >= 0.6 is 11.8 Å². The minimum absolute atomic E-state index is 0.00301. The van der Waals surface area contributed by atoms with Crippen molar-refractivity contribution in [3.8, 4) is 5.75 Å². The highest BCUT2D eigenvalue weighted by molar-refractivity contribution is 7.99. The lowest BCUT2D eigenvalue weighted by atomic mass is 10.1. The molecule has 0 saturated heterocycles. The summed E-state index contributed by atoms with van der Waals surface area (Å²) in [6, 6.07) is 6.32. The summed E-state index contributed by atoms with van der Waals surface area (Å²) in [5.74, 6) is 0.593. The zero-order valence-corrected chi connectivity index (χ0v) is 9.39. The van der Waals surface area contributed by atoms with Crippen molar-refractivity contribution in [3.05, 3.63) is 39.9 Å². The van der Waals surface area contributed by atoms with Gasteiger partial charge in [0, 0.05) is 10.7 Å². The Hall–Kier alpha value is -1.27. The number of thioether (sulfide) groups is 1. The molecular weight excluding hydrogens is 230 g/mol. The van der Waals surface area contributed by atoms with Crippen LogP contribution in [0.1, 0.15) is 10.8 Å². The van der Waals surface area contributed by atoms with Crippen LogP contribution in [0, 0.1) is 10.1 Å². The van der Waals surface area contributed by atoms with Gasteiger partial charge < -0.3 is 10.2 Å². The number of nitro groups is 1. The number of hydrogen-bond donors (Lipinski definition) is 2. The first-order valence-corrected chi connectivity index (χ1v) is 5.81. The van der Waals surface area contributed by atoms with Crippen LogP contribution in [0.5, 0.6) is 5.75 Å². The predicted molar refractivity (Wildman–Crippen MR) is 62.3 cm³/mol. The molecule has 1 rings (SSSR count). The number of aromatic hydroxyl groups is 1. The molecule has 5 nitrogen and oxygen atoms in total. The molecule has 0 aliphatic rings. The maximum Gasteiger partial charge on any atom is 0.219 e. The van der Waals surface area contributed by atoms with Gasteiger partial charge in [-0.25, -0.2) is 0 Å². The van der Waals surface area contributed by atoms with Crippen LogP contribution in [0.2, 0.25) is 0 Å². The second-order valence-corrected chi connectivity index (χ2v) is 4.50. The molecule has 0 unspecified atom stereocenters. The first-order chi connectivity index (χ1) is 7.63. The quantitative estimate of drug-likeness (QED) is 0.583. The van der Waals surface area contributed by atoms with Crippen molar-refractivity contribution < 1.29 is 15.1 Å². The predicted octanol–water partition coefficient (Wildman–Crippen LogP) is 1.44. The Morgan fingerprint density at radius 3 is 2.50 bits per heavy atom. The fourth-order valence-corrected chi connectivity index (χ4v) is 2.24. The highest BCUT2D eigenvalue weighted by Gasteiger charge is 2.17. The molecule has 1 aromatic carbocycles. The van der Waals surface area contributed by atoms with Gasteiger partial charge in [0.25, 0.3) is 0 Å². The summed E-state index contributed by atoms with van der Waals surface area (Å²) in [6.07, 6.45) is 0. The molecule has 0 fully saturated rings. The fraction of sp³-hybridized carbons (Fsp3) is 0.400. The second kappa shape index (κ2) is 6.34. The number of aliphatic hydroxyl groups excluding tert-OH is 1. The molecular formula is C10H13NO4S. The van der Waals surface area contributed by atoms with Crippen LogP contribution < -0.4 is 0 Å². The van der Waals surface area contributed by atoms with Gasteiger partial charge in [0.1, 0.15) is 5.75 Å². The van der Waals surface area contributed by atoms with E-state index in [9.17, 15) is 10.1 Å². The Bertz CT molecular complexity index is 341. The second-order valence-electron chi connectivity index (χ2n) is 3.19. The maximum absolute atomic E-state index is 10.5. The molecule has 2 N–H and O–H groups in total. The topological polar surface area (TPSA) is 83.6 Å². The summed E-state index contributed by atoms with van der Waals surface area (Å²) in [6.45, 7) is -0.188. The summed E-state index contributed by atoms with van der Waals surface area (Å²) >= 11 is 1.34. The zero-order chi connectivity index (χ0) is 12.0. The van der Waals surface area contributed by atoms with E-state index in [2.05, 4.69) is 0 Å². The Morgan fingerprint density at radius 2 is 2.00 bits per heavy atom. The lowest BCUT2D eigenvalue weighted by molar-refractivity contribution is -0.479. The highest BCUT2D eigenvalue weighted by atomic mass is 32.2. The average Bonchev–Trinajstić information content (AvgIpc) is 2.25. The van der Waals surface area contributed by atoms with Crippen LogP contribution in [0.3, 0.4) is 0 Å². The molecule has 16 heavy (non-hydrogen) atoms. The molecule has 0 aliphatic carbocycles. The van der Waals surface area contributed by atoms with E-state index in [1.807, 2.05) is 0 Å². The lowest BCUT2D eigenvalue weighted by Gasteiger charge is -2.12. The minimum Gasteiger partial charge on any atom is -0.508 e. The van der Waals surface area contributed by atoms with Gasteiger partial charge in [-0.2, -0.15) is 0 Å². The number of hydrogen-bond acceptors (Lipinski definition) is 5. The molecule has 6 heteroatoms. The van der Waals surface area contributed by atoms with E-state index in [4.69, 9.17) is 10.2 Å². The Balaban J connectivity index is 2.74. The number of phenols is 1. The van der Waals surface area contributed by atoms with Gasteiger partial charge >= 0.3 is 0 Å². The van der Waals surface area contributed by atoms with Crippen molar-refractivity contribution in [1.82, 2.24) is 0 Å². The lowest BCUT2D eigenvalue weighted by Crippen LogP contribution is -2.10. The third-order valence-corrected chi connectivity index (χ3v) is 3.23. The van der Waals surface area contributed by atoms with Crippen molar-refractivity contribution in [2.45, 2.75) is 5.25 Å². The fourth-order valence-electron chi connectivity index (χ4n) is 1.27. The van der Waals surface area contributed by atoms with Crippen molar-refractivity contribution in [3.63, 3.8) is 0 Å². The number of rotatable bonds is 6. The molecule has 0 bridgehead atoms. The molecule has 1 aromatic rings. The Morgan fingerprint density at radius 1 is 1.38 bits per heavy atom. The van der Waals surface area contributed by atoms with Gasteiger partial charge in [-0.1, -0.05) is 12.1 Å². The molecule has 1 atom stereocenters. The van der Waals surface area contributed by atoms with Gasteiger partial charge in [0.05, 0.1) is 11.9 Å². The van der Waals surface area contributed by atoms with Gasteiger partial charge in [0.15, 0.2) is 0 Å². The SMILES string of the molecule is O=[N+]([O-])C[C@H](SCCO)c1ccc(O)cc1. The monoisotopic (exact) mass is 243 g/mol. The molecule has 88 valence electrons. The van der Waals surface area contributed by atoms with E-state index in [-0.39, 0.29) is 29.1 Å². The van der Waals surface area contributed by atoms with E-state index in [1.165, 1.54) is 23.9 Å². The molecule has 0 aromatic heterocycles. The number of aliphatic hydroxyl groups is 1. The number of phenolic OH excluding ortho intramolecular Hbond substituents is 1. The largest absolute Gasteiger partial charge is 0.508 e. The molecule has 0 amide bonds. The molecule has 0 spiro atoms. The molecule has 0 heterocycles. The molecule has 0 saturated carbocycles. The smallest absolute Gasteiger partial charge is 0.219 e. The van der Waals surface area contributed by atoms with Crippen molar-refractivity contribution >= 4 is 11.8 Å². The number of nitrogens with zero attached hydrogens (tertiary/aromatic N) is 1. The van der Waals surface area contributed by atoms with Crippen molar-refractivity contribution in [1.29, 1.82) is 0 Å². The van der Waals surface area contributed by atoms with Crippen LogP contribution in [0.15, 0.2) is 24.3 Å². The third kappa shape index (κ3) is 4.08. The van der Waals surface area contributed by atoms with E-state index in [0.717, 1.165) is 5.56 Å². The summed E-state index contributed by atoms with van der Waals surface area (Å²) in [7, 11) is 0. The van der Waals surface area contributed by atoms with E-state index in [0.29, 0.717) is 5.75 Å². The highest BCUT2D eigenvalue weighted by Crippen LogP contribution is 2.29. The zero-order valence-electron chi connectivity index (χ0n) is 8.57. The summed E-state index contributed by atoms with van der Waals surface area (Å²) < 4.78 is 0. The summed E-state index contributed by atoms with van der Waals surface area (Å²) in [4.78, 5) is 10.1. The molecule has 0 radical (unpaired) electrons.